The summed E-state index contributed by atoms with van der Waals surface area (Å²) >= 11 is 0. The van der Waals surface area contributed by atoms with Crippen molar-refractivity contribution in [1.29, 1.82) is 0 Å². The van der Waals surface area contributed by atoms with Gasteiger partial charge in [-0.15, -0.1) is 0 Å². The van der Waals surface area contributed by atoms with Gasteiger partial charge in [0.2, 0.25) is 0 Å². The summed E-state index contributed by atoms with van der Waals surface area (Å²) in [6, 6.07) is 64.2. The van der Waals surface area contributed by atoms with Crippen LogP contribution in [0, 0.1) is 49.4 Å². The standard InChI is InChI=1S/3C18H13N5.Eu/c3*1-2-7-13(8-3-1)17-21-18(23-22-17)16-11-6-10-15(20-16)14-9-4-5-12-19-14;/h3*1-12H,(H,21,22,23);. The zero-order valence-electron chi connectivity index (χ0n) is 37.0. The van der Waals surface area contributed by atoms with Crippen molar-refractivity contribution >= 4 is 0 Å². The second-order valence-electron chi connectivity index (χ2n) is 15.0. The van der Waals surface area contributed by atoms with Crippen LogP contribution in [0.4, 0.5) is 0 Å². The predicted octanol–water partition coefficient (Wildman–Crippen LogP) is 10.8. The molecule has 0 spiro atoms. The first-order valence-corrected chi connectivity index (χ1v) is 21.8. The van der Waals surface area contributed by atoms with Gasteiger partial charge in [0.15, 0.2) is 34.9 Å². The quantitative estimate of drug-likeness (QED) is 0.124. The van der Waals surface area contributed by atoms with Crippen LogP contribution in [0.1, 0.15) is 0 Å². The molecule has 15 nitrogen and oxygen atoms in total. The number of hydrogen-bond acceptors (Lipinski definition) is 12. The second-order valence-corrected chi connectivity index (χ2v) is 15.0. The molecule has 0 aliphatic carbocycles. The summed E-state index contributed by atoms with van der Waals surface area (Å²) in [5, 5.41) is 21.7. The van der Waals surface area contributed by atoms with Crippen LogP contribution in [0.2, 0.25) is 0 Å². The van der Waals surface area contributed by atoms with Gasteiger partial charge in [-0.25, -0.2) is 29.9 Å². The number of pyridine rings is 6. The van der Waals surface area contributed by atoms with E-state index in [9.17, 15) is 0 Å². The molecule has 337 valence electrons. The Bertz CT molecular complexity index is 3130. The van der Waals surface area contributed by atoms with Crippen molar-refractivity contribution in [3.63, 3.8) is 0 Å². The maximum absolute atomic E-state index is 4.62. The Balaban J connectivity index is 0.000000129. The van der Waals surface area contributed by atoms with E-state index in [-0.39, 0.29) is 49.4 Å². The molecule has 0 saturated heterocycles. The molecular weight excluding hydrogens is 1010 g/mol. The molecule has 0 aliphatic rings. The fourth-order valence-corrected chi connectivity index (χ4v) is 6.95. The topological polar surface area (TPSA) is 202 Å². The van der Waals surface area contributed by atoms with E-state index in [0.29, 0.717) is 34.9 Å². The summed E-state index contributed by atoms with van der Waals surface area (Å²) in [4.78, 5) is 40.5. The summed E-state index contributed by atoms with van der Waals surface area (Å²) in [5.74, 6) is 3.90. The molecule has 0 saturated carbocycles. The van der Waals surface area contributed by atoms with Gasteiger partial charge in [0.05, 0.1) is 34.2 Å². The molecule has 0 amide bonds. The molecule has 16 heteroatoms. The maximum Gasteiger partial charge on any atom is 0.181 e. The van der Waals surface area contributed by atoms with Gasteiger partial charge in [0.1, 0.15) is 17.1 Å². The molecule has 12 rings (SSSR count). The Hall–Kier alpha value is -8.44. The molecule has 9 aromatic heterocycles. The zero-order chi connectivity index (χ0) is 46.5. The van der Waals surface area contributed by atoms with Crippen LogP contribution < -0.4 is 0 Å². The average molecular weight is 1050 g/mol. The van der Waals surface area contributed by atoms with Crippen molar-refractivity contribution in [1.82, 2.24) is 75.4 Å². The van der Waals surface area contributed by atoms with Crippen LogP contribution in [-0.2, 0) is 0 Å². The molecule has 9 heterocycles. The van der Waals surface area contributed by atoms with Crippen molar-refractivity contribution in [2.75, 3.05) is 0 Å². The minimum Gasteiger partial charge on any atom is -0.257 e. The maximum atomic E-state index is 4.62. The van der Waals surface area contributed by atoms with Gasteiger partial charge in [-0.05, 0) is 72.8 Å². The average Bonchev–Trinajstić information content (AvgIpc) is 4.27. The largest absolute Gasteiger partial charge is 0.257 e. The number of nitrogens with one attached hydrogen (secondary N) is 3. The van der Waals surface area contributed by atoms with Gasteiger partial charge in [-0.1, -0.05) is 127 Å². The number of benzene rings is 3. The first-order chi connectivity index (χ1) is 34.2. The molecule has 3 aromatic carbocycles. The van der Waals surface area contributed by atoms with E-state index in [2.05, 4.69) is 75.4 Å². The van der Waals surface area contributed by atoms with Crippen LogP contribution >= 0.6 is 0 Å². The van der Waals surface area contributed by atoms with Crippen molar-refractivity contribution in [3.8, 4) is 103 Å². The molecule has 0 fully saturated rings. The first-order valence-electron chi connectivity index (χ1n) is 21.8. The van der Waals surface area contributed by atoms with Crippen LogP contribution in [0.3, 0.4) is 0 Å². The van der Waals surface area contributed by atoms with E-state index in [1.807, 2.05) is 200 Å². The Morgan fingerprint density at radius 1 is 0.229 bits per heavy atom. The Labute approximate surface area is 442 Å². The Morgan fingerprint density at radius 3 is 0.757 bits per heavy atom. The van der Waals surface area contributed by atoms with Gasteiger partial charge in [-0.2, -0.15) is 15.3 Å². The third kappa shape index (κ3) is 11.6. The molecule has 0 atom stereocenters. The van der Waals surface area contributed by atoms with E-state index in [1.54, 1.807) is 18.6 Å². The van der Waals surface area contributed by atoms with E-state index < -0.39 is 0 Å². The molecular formula is C54H39EuN15. The second kappa shape index (κ2) is 23.0. The summed E-state index contributed by atoms with van der Waals surface area (Å²) in [6.07, 6.45) is 5.27. The van der Waals surface area contributed by atoms with Crippen molar-refractivity contribution in [2.24, 2.45) is 0 Å². The zero-order valence-corrected chi connectivity index (χ0v) is 39.5. The minimum atomic E-state index is 0. The summed E-state index contributed by atoms with van der Waals surface area (Å²) < 4.78 is 0. The fourth-order valence-electron chi connectivity index (χ4n) is 6.95. The third-order valence-electron chi connectivity index (χ3n) is 10.3. The number of nitrogens with zero attached hydrogens (tertiary/aromatic N) is 12. The molecule has 70 heavy (non-hydrogen) atoms. The van der Waals surface area contributed by atoms with Crippen LogP contribution in [0.15, 0.2) is 219 Å². The Morgan fingerprint density at radius 2 is 0.486 bits per heavy atom. The van der Waals surface area contributed by atoms with E-state index in [4.69, 9.17) is 0 Å². The normalized spacial score (nSPS) is 10.5. The van der Waals surface area contributed by atoms with E-state index >= 15 is 0 Å². The Kier molecular flexibility index (Phi) is 15.4. The number of H-pyrrole nitrogens is 3. The predicted molar refractivity (Wildman–Crippen MR) is 265 cm³/mol. The molecule has 0 unspecified atom stereocenters. The van der Waals surface area contributed by atoms with Gasteiger partial charge in [0, 0.05) is 84.7 Å². The fraction of sp³-hybridized carbons (Fsp3) is 0. The number of aromatic nitrogens is 15. The van der Waals surface area contributed by atoms with Crippen LogP contribution in [0.25, 0.3) is 103 Å². The number of aromatic amines is 3. The minimum absolute atomic E-state index is 0. The first kappa shape index (κ1) is 46.7. The molecule has 0 bridgehead atoms. The van der Waals surface area contributed by atoms with E-state index in [1.165, 1.54) is 0 Å². The van der Waals surface area contributed by atoms with Crippen molar-refractivity contribution < 1.29 is 49.4 Å². The summed E-state index contributed by atoms with van der Waals surface area (Å²) in [6.45, 7) is 0. The molecule has 12 aromatic rings. The van der Waals surface area contributed by atoms with Crippen molar-refractivity contribution in [2.45, 2.75) is 0 Å². The van der Waals surface area contributed by atoms with Gasteiger partial charge in [-0.3, -0.25) is 30.2 Å². The number of hydrogen-bond donors (Lipinski definition) is 3. The van der Waals surface area contributed by atoms with Crippen LogP contribution in [-0.4, -0.2) is 75.4 Å². The number of rotatable bonds is 9. The molecule has 3 N–H and O–H groups in total. The van der Waals surface area contributed by atoms with Crippen molar-refractivity contribution in [3.05, 3.63) is 219 Å². The van der Waals surface area contributed by atoms with Gasteiger partial charge < -0.3 is 0 Å². The molecule has 1 radical (unpaired) electrons. The van der Waals surface area contributed by atoms with Gasteiger partial charge >= 0.3 is 0 Å². The van der Waals surface area contributed by atoms with E-state index in [0.717, 1.165) is 67.9 Å². The SMILES string of the molecule is [Eu].c1ccc(-c2n[nH]c(-c3cccc(-c4ccccn4)n3)n2)cc1.c1ccc(-c2n[nH]c(-c3cccc(-c4ccccn4)n3)n2)cc1.c1ccc(-c2n[nH]c(-c3cccc(-c4ccccn4)n3)n2)cc1. The summed E-state index contributed by atoms with van der Waals surface area (Å²) in [7, 11) is 0. The molecule has 0 aliphatic heterocycles. The summed E-state index contributed by atoms with van der Waals surface area (Å²) in [5.41, 5.74) is 10.0. The van der Waals surface area contributed by atoms with Crippen LogP contribution in [0.5, 0.6) is 0 Å². The third-order valence-corrected chi connectivity index (χ3v) is 10.3. The smallest absolute Gasteiger partial charge is 0.181 e. The van der Waals surface area contributed by atoms with Gasteiger partial charge in [0.25, 0.3) is 0 Å². The monoisotopic (exact) mass is 1050 g/mol.